The molecule has 1 fully saturated rings. The highest BCUT2D eigenvalue weighted by atomic mass is 31.2. The van der Waals surface area contributed by atoms with Gasteiger partial charge in [0.1, 0.15) is 6.04 Å². The quantitative estimate of drug-likeness (QED) is 0.278. The number of hydrogen-bond donors (Lipinski definition) is 5. The SMILES string of the molecule is O=C1NCC(CP(=O)(O)O)C1NO. The molecule has 0 aromatic heterocycles. The summed E-state index contributed by atoms with van der Waals surface area (Å²) in [5.74, 6) is -1.01. The minimum absolute atomic E-state index is 0.169. The highest BCUT2D eigenvalue weighted by Gasteiger charge is 2.37. The summed E-state index contributed by atoms with van der Waals surface area (Å²) in [4.78, 5) is 28.2. The predicted octanol–water partition coefficient (Wildman–Crippen LogP) is -1.74. The maximum Gasteiger partial charge on any atom is 0.325 e. The summed E-state index contributed by atoms with van der Waals surface area (Å²) in [6.07, 6.45) is -0.413. The van der Waals surface area contributed by atoms with Crippen molar-refractivity contribution in [1.29, 1.82) is 0 Å². The van der Waals surface area contributed by atoms with Crippen LogP contribution >= 0.6 is 7.60 Å². The average molecular weight is 210 g/mol. The lowest BCUT2D eigenvalue weighted by Gasteiger charge is -2.14. The van der Waals surface area contributed by atoms with E-state index in [1.807, 2.05) is 0 Å². The van der Waals surface area contributed by atoms with Gasteiger partial charge < -0.3 is 20.3 Å². The van der Waals surface area contributed by atoms with Crippen molar-refractivity contribution < 1.29 is 24.4 Å². The van der Waals surface area contributed by atoms with Gasteiger partial charge in [-0.25, -0.2) is 0 Å². The van der Waals surface area contributed by atoms with Crippen molar-refractivity contribution in [2.75, 3.05) is 12.7 Å². The molecule has 1 aliphatic heterocycles. The minimum Gasteiger partial charge on any atom is -0.354 e. The molecule has 0 aromatic rings. The molecule has 0 radical (unpaired) electrons. The Kier molecular flexibility index (Phi) is 3.05. The molecule has 7 nitrogen and oxygen atoms in total. The molecule has 0 saturated carbocycles. The smallest absolute Gasteiger partial charge is 0.325 e. The van der Waals surface area contributed by atoms with Gasteiger partial charge in [-0.1, -0.05) is 0 Å². The summed E-state index contributed by atoms with van der Waals surface area (Å²) >= 11 is 0. The fourth-order valence-electron chi connectivity index (χ4n) is 1.31. The first kappa shape index (κ1) is 10.6. The fourth-order valence-corrected chi connectivity index (χ4v) is 2.26. The summed E-state index contributed by atoms with van der Waals surface area (Å²) < 4.78 is 10.6. The normalized spacial score (nSPS) is 29.0. The van der Waals surface area contributed by atoms with Gasteiger partial charge in [0.2, 0.25) is 5.91 Å². The molecular weight excluding hydrogens is 199 g/mol. The molecule has 0 aliphatic carbocycles. The molecule has 8 heteroatoms. The van der Waals surface area contributed by atoms with E-state index in [4.69, 9.17) is 15.0 Å². The summed E-state index contributed by atoms with van der Waals surface area (Å²) in [6, 6.07) is -0.923. The van der Waals surface area contributed by atoms with Gasteiger partial charge in [-0.05, 0) is 0 Å². The molecule has 0 spiro atoms. The van der Waals surface area contributed by atoms with Crippen LogP contribution in [0.3, 0.4) is 0 Å². The first-order valence-corrected chi connectivity index (χ1v) is 5.45. The van der Waals surface area contributed by atoms with Crippen LogP contribution in [0.4, 0.5) is 0 Å². The van der Waals surface area contributed by atoms with Crippen LogP contribution in [0.1, 0.15) is 0 Å². The Labute approximate surface area is 74.3 Å². The minimum atomic E-state index is -4.14. The van der Waals surface area contributed by atoms with Crippen LogP contribution in [0.15, 0.2) is 0 Å². The van der Waals surface area contributed by atoms with Gasteiger partial charge in [0.25, 0.3) is 0 Å². The first-order chi connectivity index (χ1) is 5.94. The van der Waals surface area contributed by atoms with Gasteiger partial charge in [0.05, 0.1) is 6.16 Å². The van der Waals surface area contributed by atoms with E-state index in [1.165, 1.54) is 0 Å². The van der Waals surface area contributed by atoms with Gasteiger partial charge in [-0.15, -0.1) is 0 Å². The Morgan fingerprint density at radius 2 is 2.23 bits per heavy atom. The van der Waals surface area contributed by atoms with Crippen LogP contribution in [0.2, 0.25) is 0 Å². The molecule has 1 amide bonds. The second-order valence-corrected chi connectivity index (χ2v) is 4.65. The molecule has 1 saturated heterocycles. The maximum absolute atomic E-state index is 10.9. The first-order valence-electron chi connectivity index (χ1n) is 3.66. The van der Waals surface area contributed by atoms with Gasteiger partial charge in [0.15, 0.2) is 0 Å². The molecule has 0 bridgehead atoms. The summed E-state index contributed by atoms with van der Waals surface area (Å²) in [5, 5.41) is 10.9. The van der Waals surface area contributed by atoms with Crippen LogP contribution in [-0.4, -0.2) is 39.6 Å². The number of rotatable bonds is 3. The average Bonchev–Trinajstić information content (AvgIpc) is 2.28. The van der Waals surface area contributed by atoms with Crippen molar-refractivity contribution in [1.82, 2.24) is 10.8 Å². The zero-order valence-corrected chi connectivity index (χ0v) is 7.57. The van der Waals surface area contributed by atoms with Crippen LogP contribution in [0.25, 0.3) is 0 Å². The number of carbonyl (C=O) groups is 1. The van der Waals surface area contributed by atoms with Crippen molar-refractivity contribution in [3.63, 3.8) is 0 Å². The van der Waals surface area contributed by atoms with Gasteiger partial charge in [-0.3, -0.25) is 9.36 Å². The number of carbonyl (C=O) groups excluding carboxylic acids is 1. The van der Waals surface area contributed by atoms with E-state index < -0.39 is 31.6 Å². The van der Waals surface area contributed by atoms with E-state index in [1.54, 1.807) is 5.48 Å². The molecule has 2 atom stereocenters. The van der Waals surface area contributed by atoms with Gasteiger partial charge in [-0.2, -0.15) is 5.48 Å². The standard InChI is InChI=1S/C5H11N2O5P/c8-5-4(7-9)3(1-6-5)2-13(10,11)12/h3-4,7,9H,1-2H2,(H,6,8)(H2,10,11,12). The Morgan fingerprint density at radius 3 is 2.69 bits per heavy atom. The zero-order valence-electron chi connectivity index (χ0n) is 6.67. The summed E-state index contributed by atoms with van der Waals surface area (Å²) in [6.45, 7) is 0.169. The number of hydrogen-bond acceptors (Lipinski definition) is 4. The van der Waals surface area contributed by atoms with Crippen molar-refractivity contribution >= 4 is 13.5 Å². The molecule has 1 rings (SSSR count). The van der Waals surface area contributed by atoms with Crippen molar-refractivity contribution in [2.24, 2.45) is 5.92 Å². The lowest BCUT2D eigenvalue weighted by Crippen LogP contribution is -2.38. The number of amides is 1. The van der Waals surface area contributed by atoms with Gasteiger partial charge >= 0.3 is 7.60 Å². The zero-order chi connectivity index (χ0) is 10.1. The maximum atomic E-state index is 10.9. The molecule has 1 heterocycles. The lowest BCUT2D eigenvalue weighted by atomic mass is 10.1. The Bertz CT molecular complexity index is 251. The van der Waals surface area contributed by atoms with E-state index in [-0.39, 0.29) is 6.54 Å². The molecule has 0 aromatic carbocycles. The number of hydroxylamine groups is 1. The topological polar surface area (TPSA) is 119 Å². The third-order valence-corrected chi connectivity index (χ3v) is 2.85. The predicted molar refractivity (Wildman–Crippen MR) is 42.1 cm³/mol. The van der Waals surface area contributed by atoms with Gasteiger partial charge in [0, 0.05) is 12.5 Å². The third kappa shape index (κ3) is 2.75. The highest BCUT2D eigenvalue weighted by Crippen LogP contribution is 2.38. The summed E-state index contributed by atoms with van der Waals surface area (Å²) in [7, 11) is -4.14. The number of nitrogens with one attached hydrogen (secondary N) is 2. The highest BCUT2D eigenvalue weighted by molar-refractivity contribution is 7.51. The van der Waals surface area contributed by atoms with Crippen molar-refractivity contribution in [2.45, 2.75) is 6.04 Å². The molecule has 1 aliphatic rings. The van der Waals surface area contributed by atoms with Crippen LogP contribution < -0.4 is 10.8 Å². The van der Waals surface area contributed by atoms with E-state index in [0.717, 1.165) is 0 Å². The molecule has 76 valence electrons. The Balaban J connectivity index is 2.61. The van der Waals surface area contributed by atoms with Crippen molar-refractivity contribution in [3.8, 4) is 0 Å². The van der Waals surface area contributed by atoms with Crippen LogP contribution in [-0.2, 0) is 9.36 Å². The van der Waals surface area contributed by atoms with E-state index >= 15 is 0 Å². The second-order valence-electron chi connectivity index (χ2n) is 2.96. The fraction of sp³-hybridized carbons (Fsp3) is 0.800. The Hall–Kier alpha value is -0.460. The second kappa shape index (κ2) is 3.73. The molecule has 5 N–H and O–H groups in total. The van der Waals surface area contributed by atoms with E-state index in [9.17, 15) is 9.36 Å². The lowest BCUT2D eigenvalue weighted by molar-refractivity contribution is -0.123. The molecule has 13 heavy (non-hydrogen) atoms. The molecule has 2 unspecified atom stereocenters. The van der Waals surface area contributed by atoms with E-state index in [2.05, 4.69) is 5.32 Å². The monoisotopic (exact) mass is 210 g/mol. The third-order valence-electron chi connectivity index (χ3n) is 1.90. The van der Waals surface area contributed by atoms with Crippen LogP contribution in [0.5, 0.6) is 0 Å². The van der Waals surface area contributed by atoms with E-state index in [0.29, 0.717) is 0 Å². The summed E-state index contributed by atoms with van der Waals surface area (Å²) in [5.41, 5.74) is 1.73. The van der Waals surface area contributed by atoms with Crippen molar-refractivity contribution in [3.05, 3.63) is 0 Å². The molecular formula is C5H11N2O5P. The Morgan fingerprint density at radius 1 is 1.62 bits per heavy atom. The van der Waals surface area contributed by atoms with Crippen LogP contribution in [0, 0.1) is 5.92 Å². The largest absolute Gasteiger partial charge is 0.354 e.